The molecule has 0 saturated carbocycles. The Bertz CT molecular complexity index is 203. The Hall–Kier alpha value is -1.14. The van der Waals surface area contributed by atoms with Crippen molar-refractivity contribution in [3.05, 3.63) is 0 Å². The van der Waals surface area contributed by atoms with Gasteiger partial charge in [0.1, 0.15) is 6.61 Å². The number of carbonyl (C=O) groups is 2. The second-order valence-corrected chi connectivity index (χ2v) is 2.86. The second kappa shape index (κ2) is 10.4. The fourth-order valence-electron chi connectivity index (χ4n) is 0.890. The second-order valence-electron chi connectivity index (χ2n) is 2.86. The van der Waals surface area contributed by atoms with E-state index in [1.165, 1.54) is 0 Å². The van der Waals surface area contributed by atoms with E-state index in [0.29, 0.717) is 6.61 Å². The normalized spacial score (nSPS) is 9.88. The highest BCUT2D eigenvalue weighted by Crippen LogP contribution is 1.95. The molecule has 0 heterocycles. The maximum Gasteiger partial charge on any atom is 0.306 e. The lowest BCUT2D eigenvalue weighted by atomic mass is 10.3. The maximum atomic E-state index is 11.0. The van der Waals surface area contributed by atoms with Gasteiger partial charge in [-0.1, -0.05) is 0 Å². The number of aliphatic hydroxyl groups is 1. The predicted molar refractivity (Wildman–Crippen MR) is 54.7 cm³/mol. The van der Waals surface area contributed by atoms with E-state index >= 15 is 0 Å². The predicted octanol–water partition coefficient (Wildman–Crippen LogP) is -0.118. The fourth-order valence-corrected chi connectivity index (χ4v) is 0.890. The summed E-state index contributed by atoms with van der Waals surface area (Å²) < 4.78 is 14.3. The Morgan fingerprint density at radius 3 is 2.19 bits per heavy atom. The Morgan fingerprint density at radius 2 is 1.62 bits per heavy atom. The van der Waals surface area contributed by atoms with Crippen molar-refractivity contribution in [3.8, 4) is 0 Å². The quantitative estimate of drug-likeness (QED) is 0.442. The van der Waals surface area contributed by atoms with Gasteiger partial charge in [-0.2, -0.15) is 0 Å². The third kappa shape index (κ3) is 9.42. The molecule has 0 aromatic rings. The molecule has 94 valence electrons. The molecule has 0 aliphatic rings. The van der Waals surface area contributed by atoms with Crippen LogP contribution in [0.25, 0.3) is 0 Å². The average Bonchev–Trinajstić information content (AvgIpc) is 2.26. The van der Waals surface area contributed by atoms with Gasteiger partial charge in [0.15, 0.2) is 0 Å². The largest absolute Gasteiger partial charge is 0.466 e. The molecular formula is C10H18O6. The van der Waals surface area contributed by atoms with Crippen molar-refractivity contribution in [3.63, 3.8) is 0 Å². The highest BCUT2D eigenvalue weighted by Gasteiger charge is 2.08. The van der Waals surface area contributed by atoms with Gasteiger partial charge < -0.3 is 19.3 Å². The molecule has 0 aromatic carbocycles. The smallest absolute Gasteiger partial charge is 0.306 e. The summed E-state index contributed by atoms with van der Waals surface area (Å²) in [6.07, 6.45) is 0.0446. The number of hydrogen-bond acceptors (Lipinski definition) is 6. The minimum atomic E-state index is -0.458. The summed E-state index contributed by atoms with van der Waals surface area (Å²) in [4.78, 5) is 21.9. The molecule has 6 nitrogen and oxygen atoms in total. The lowest BCUT2D eigenvalue weighted by Crippen LogP contribution is -2.13. The van der Waals surface area contributed by atoms with Gasteiger partial charge in [-0.05, 0) is 6.92 Å². The molecule has 6 heteroatoms. The van der Waals surface area contributed by atoms with Crippen LogP contribution in [0.3, 0.4) is 0 Å². The van der Waals surface area contributed by atoms with Crippen molar-refractivity contribution >= 4 is 11.9 Å². The summed E-state index contributed by atoms with van der Waals surface area (Å²) in [7, 11) is 0. The molecule has 0 aliphatic heterocycles. The molecule has 0 bridgehead atoms. The third-order valence-electron chi connectivity index (χ3n) is 1.56. The fraction of sp³-hybridized carbons (Fsp3) is 0.800. The van der Waals surface area contributed by atoms with Crippen LogP contribution in [0.15, 0.2) is 0 Å². The summed E-state index contributed by atoms with van der Waals surface area (Å²) in [6.45, 7) is 2.54. The van der Waals surface area contributed by atoms with Crippen molar-refractivity contribution in [2.45, 2.75) is 19.8 Å². The van der Waals surface area contributed by atoms with Crippen molar-refractivity contribution in [2.24, 2.45) is 0 Å². The van der Waals surface area contributed by atoms with Crippen molar-refractivity contribution in [2.75, 3.05) is 33.0 Å². The molecule has 0 radical (unpaired) electrons. The van der Waals surface area contributed by atoms with Gasteiger partial charge in [0.25, 0.3) is 0 Å². The number of ether oxygens (including phenoxy) is 3. The summed E-state index contributed by atoms with van der Waals surface area (Å²) in [5.41, 5.74) is 0. The van der Waals surface area contributed by atoms with Crippen LogP contribution in [-0.2, 0) is 23.8 Å². The van der Waals surface area contributed by atoms with Crippen LogP contribution in [0, 0.1) is 0 Å². The maximum absolute atomic E-state index is 11.0. The number of rotatable bonds is 9. The Kier molecular flexibility index (Phi) is 9.64. The molecule has 0 aliphatic carbocycles. The van der Waals surface area contributed by atoms with Gasteiger partial charge in [-0.3, -0.25) is 9.59 Å². The van der Waals surface area contributed by atoms with E-state index in [-0.39, 0.29) is 39.3 Å². The molecular weight excluding hydrogens is 216 g/mol. The van der Waals surface area contributed by atoms with E-state index in [1.54, 1.807) is 6.92 Å². The first-order chi connectivity index (χ1) is 7.70. The molecule has 0 unspecified atom stereocenters. The van der Waals surface area contributed by atoms with Gasteiger partial charge >= 0.3 is 11.9 Å². The van der Waals surface area contributed by atoms with Gasteiger partial charge in [-0.15, -0.1) is 0 Å². The Balaban J connectivity index is 3.34. The summed E-state index contributed by atoms with van der Waals surface area (Å²) in [5.74, 6) is -0.864. The average molecular weight is 234 g/mol. The van der Waals surface area contributed by atoms with Crippen LogP contribution in [0.1, 0.15) is 19.8 Å². The molecule has 0 saturated heterocycles. The van der Waals surface area contributed by atoms with E-state index in [0.717, 1.165) is 0 Å². The minimum absolute atomic E-state index is 0.0127. The van der Waals surface area contributed by atoms with Crippen LogP contribution in [-0.4, -0.2) is 50.1 Å². The molecule has 0 amide bonds. The molecule has 1 N–H and O–H groups in total. The summed E-state index contributed by atoms with van der Waals surface area (Å²) in [5, 5.41) is 8.39. The topological polar surface area (TPSA) is 82.1 Å². The number of hydrogen-bond donors (Lipinski definition) is 1. The first kappa shape index (κ1) is 14.9. The first-order valence-electron chi connectivity index (χ1n) is 5.20. The SMILES string of the molecule is CCOC(=O)CCC(=O)OCCOCCO. The third-order valence-corrected chi connectivity index (χ3v) is 1.56. The van der Waals surface area contributed by atoms with E-state index in [4.69, 9.17) is 14.6 Å². The van der Waals surface area contributed by atoms with E-state index in [9.17, 15) is 9.59 Å². The zero-order chi connectivity index (χ0) is 12.2. The number of carbonyl (C=O) groups excluding carboxylic acids is 2. The first-order valence-corrected chi connectivity index (χ1v) is 5.20. The van der Waals surface area contributed by atoms with Gasteiger partial charge in [0.2, 0.25) is 0 Å². The highest BCUT2D eigenvalue weighted by molar-refractivity contribution is 5.77. The highest BCUT2D eigenvalue weighted by atomic mass is 16.6. The monoisotopic (exact) mass is 234 g/mol. The zero-order valence-corrected chi connectivity index (χ0v) is 9.44. The van der Waals surface area contributed by atoms with Gasteiger partial charge in [0, 0.05) is 0 Å². The molecule has 16 heavy (non-hydrogen) atoms. The zero-order valence-electron chi connectivity index (χ0n) is 9.44. The minimum Gasteiger partial charge on any atom is -0.466 e. The van der Waals surface area contributed by atoms with E-state index < -0.39 is 11.9 Å². The van der Waals surface area contributed by atoms with Crippen LogP contribution in [0.5, 0.6) is 0 Å². The van der Waals surface area contributed by atoms with E-state index in [2.05, 4.69) is 4.74 Å². The number of aliphatic hydroxyl groups excluding tert-OH is 1. The van der Waals surface area contributed by atoms with Crippen molar-refractivity contribution < 1.29 is 28.9 Å². The Labute approximate surface area is 94.5 Å². The lowest BCUT2D eigenvalue weighted by molar-refractivity contribution is -0.151. The van der Waals surface area contributed by atoms with Crippen molar-refractivity contribution in [1.82, 2.24) is 0 Å². The molecule has 0 atom stereocenters. The Morgan fingerprint density at radius 1 is 1.00 bits per heavy atom. The van der Waals surface area contributed by atoms with Crippen LogP contribution in [0.4, 0.5) is 0 Å². The molecule has 0 spiro atoms. The molecule has 0 rings (SSSR count). The van der Waals surface area contributed by atoms with Crippen LogP contribution in [0.2, 0.25) is 0 Å². The van der Waals surface area contributed by atoms with Gasteiger partial charge in [-0.25, -0.2) is 0 Å². The molecule has 0 aromatic heterocycles. The van der Waals surface area contributed by atoms with Crippen molar-refractivity contribution in [1.29, 1.82) is 0 Å². The standard InChI is InChI=1S/C10H18O6/c1-2-15-9(12)3-4-10(13)16-8-7-14-6-5-11/h11H,2-8H2,1H3. The van der Waals surface area contributed by atoms with Gasteiger partial charge in [0.05, 0.1) is 39.3 Å². The van der Waals surface area contributed by atoms with Crippen LogP contribution < -0.4 is 0 Å². The number of esters is 2. The van der Waals surface area contributed by atoms with E-state index in [1.807, 2.05) is 0 Å². The van der Waals surface area contributed by atoms with Crippen LogP contribution >= 0.6 is 0 Å². The lowest BCUT2D eigenvalue weighted by Gasteiger charge is -2.05. The summed E-state index contributed by atoms with van der Waals surface area (Å²) >= 11 is 0. The summed E-state index contributed by atoms with van der Waals surface area (Å²) in [6, 6.07) is 0. The molecule has 0 fully saturated rings.